The van der Waals surface area contributed by atoms with Gasteiger partial charge >= 0.3 is 0 Å². The zero-order valence-corrected chi connectivity index (χ0v) is 10.2. The zero-order chi connectivity index (χ0) is 11.9. The predicted molar refractivity (Wildman–Crippen MR) is 63.9 cm³/mol. The van der Waals surface area contributed by atoms with Crippen LogP contribution < -0.4 is 10.1 Å². The number of hydrogen-bond donors (Lipinski definition) is 1. The molecule has 0 unspecified atom stereocenters. The first kappa shape index (κ1) is 12.3. The fraction of sp³-hybridized carbons (Fsp3) is 0.667. The molecule has 1 aliphatic rings. The van der Waals surface area contributed by atoms with Crippen molar-refractivity contribution in [2.24, 2.45) is 0 Å². The predicted octanol–water partition coefficient (Wildman–Crippen LogP) is 1.14. The summed E-state index contributed by atoms with van der Waals surface area (Å²) in [4.78, 5) is 0. The van der Waals surface area contributed by atoms with E-state index in [2.05, 4.69) is 22.4 Å². The Morgan fingerprint density at radius 2 is 2.18 bits per heavy atom. The minimum Gasteiger partial charge on any atom is -0.473 e. The summed E-state index contributed by atoms with van der Waals surface area (Å²) < 4.78 is 11.0. The molecule has 0 aliphatic carbocycles. The molecule has 94 valence electrons. The van der Waals surface area contributed by atoms with E-state index in [1.165, 1.54) is 0 Å². The van der Waals surface area contributed by atoms with Crippen molar-refractivity contribution in [3.05, 3.63) is 17.8 Å². The van der Waals surface area contributed by atoms with Crippen molar-refractivity contribution in [3.63, 3.8) is 0 Å². The van der Waals surface area contributed by atoms with E-state index < -0.39 is 0 Å². The Bertz CT molecular complexity index is 323. The molecule has 2 heterocycles. The summed E-state index contributed by atoms with van der Waals surface area (Å²) in [5.41, 5.74) is 0.936. The van der Waals surface area contributed by atoms with Crippen LogP contribution in [-0.2, 0) is 11.3 Å². The summed E-state index contributed by atoms with van der Waals surface area (Å²) in [6.07, 6.45) is 2.08. The van der Waals surface area contributed by atoms with E-state index in [0.717, 1.165) is 44.8 Å². The maximum absolute atomic E-state index is 5.74. The molecule has 0 amide bonds. The Balaban J connectivity index is 1.84. The lowest BCUT2D eigenvalue weighted by Crippen LogP contribution is -2.26. The van der Waals surface area contributed by atoms with Crippen LogP contribution in [0.4, 0.5) is 0 Å². The Morgan fingerprint density at radius 3 is 2.82 bits per heavy atom. The van der Waals surface area contributed by atoms with Gasteiger partial charge in [-0.05, 0) is 12.6 Å². The Kier molecular flexibility index (Phi) is 4.70. The summed E-state index contributed by atoms with van der Waals surface area (Å²) in [5.74, 6) is 0.608. The molecule has 1 aliphatic heterocycles. The van der Waals surface area contributed by atoms with E-state index in [-0.39, 0.29) is 6.10 Å². The Hall–Kier alpha value is -1.20. The van der Waals surface area contributed by atoms with Gasteiger partial charge < -0.3 is 14.8 Å². The molecule has 0 atom stereocenters. The average molecular weight is 237 g/mol. The maximum Gasteiger partial charge on any atom is 0.233 e. The van der Waals surface area contributed by atoms with E-state index in [1.54, 1.807) is 0 Å². The molecule has 1 fully saturated rings. The van der Waals surface area contributed by atoms with Gasteiger partial charge in [0.15, 0.2) is 0 Å². The van der Waals surface area contributed by atoms with Gasteiger partial charge in [-0.15, -0.1) is 5.10 Å². The van der Waals surface area contributed by atoms with Crippen molar-refractivity contribution in [1.82, 2.24) is 15.5 Å². The highest BCUT2D eigenvalue weighted by atomic mass is 16.5. The summed E-state index contributed by atoms with van der Waals surface area (Å²) in [7, 11) is 0. The molecular formula is C12H19N3O2. The number of ether oxygens (including phenoxy) is 2. The minimum absolute atomic E-state index is 0.220. The Morgan fingerprint density at radius 1 is 1.35 bits per heavy atom. The third kappa shape index (κ3) is 3.94. The first-order chi connectivity index (χ1) is 8.38. The van der Waals surface area contributed by atoms with Crippen LogP contribution in [0.25, 0.3) is 0 Å². The van der Waals surface area contributed by atoms with Gasteiger partial charge in [-0.3, -0.25) is 0 Å². The van der Waals surface area contributed by atoms with Crippen LogP contribution in [0, 0.1) is 0 Å². The SMILES string of the molecule is CCNCc1ccc(OC2CCOCC2)nn1. The largest absolute Gasteiger partial charge is 0.473 e. The van der Waals surface area contributed by atoms with Gasteiger partial charge in [-0.25, -0.2) is 0 Å². The summed E-state index contributed by atoms with van der Waals surface area (Å²) in [5, 5.41) is 11.4. The number of nitrogens with zero attached hydrogens (tertiary/aromatic N) is 2. The van der Waals surface area contributed by atoms with Crippen LogP contribution in [0.2, 0.25) is 0 Å². The van der Waals surface area contributed by atoms with Crippen molar-refractivity contribution in [3.8, 4) is 5.88 Å². The maximum atomic E-state index is 5.74. The molecule has 1 N–H and O–H groups in total. The van der Waals surface area contributed by atoms with Gasteiger partial charge in [0.2, 0.25) is 5.88 Å². The molecule has 0 spiro atoms. The molecule has 5 heteroatoms. The highest BCUT2D eigenvalue weighted by Crippen LogP contribution is 2.14. The van der Waals surface area contributed by atoms with E-state index in [1.807, 2.05) is 12.1 Å². The molecule has 0 bridgehead atoms. The number of aromatic nitrogens is 2. The standard InChI is InChI=1S/C12H19N3O2/c1-2-13-9-10-3-4-12(15-14-10)17-11-5-7-16-8-6-11/h3-4,11,13H,2,5-9H2,1H3. The van der Waals surface area contributed by atoms with Crippen molar-refractivity contribution in [2.45, 2.75) is 32.4 Å². The van der Waals surface area contributed by atoms with Gasteiger partial charge in [-0.2, -0.15) is 5.10 Å². The third-order valence-electron chi connectivity index (χ3n) is 2.71. The van der Waals surface area contributed by atoms with E-state index >= 15 is 0 Å². The van der Waals surface area contributed by atoms with Gasteiger partial charge in [0, 0.05) is 25.5 Å². The molecule has 1 aromatic rings. The molecular weight excluding hydrogens is 218 g/mol. The van der Waals surface area contributed by atoms with Crippen LogP contribution >= 0.6 is 0 Å². The van der Waals surface area contributed by atoms with Crippen LogP contribution in [0.1, 0.15) is 25.5 Å². The van der Waals surface area contributed by atoms with Crippen molar-refractivity contribution in [1.29, 1.82) is 0 Å². The molecule has 1 saturated heterocycles. The molecule has 1 aromatic heterocycles. The van der Waals surface area contributed by atoms with Crippen LogP contribution in [0.15, 0.2) is 12.1 Å². The van der Waals surface area contributed by atoms with Crippen LogP contribution in [0.5, 0.6) is 5.88 Å². The Labute approximate surface area is 102 Å². The van der Waals surface area contributed by atoms with E-state index in [9.17, 15) is 0 Å². The number of rotatable bonds is 5. The van der Waals surface area contributed by atoms with Crippen molar-refractivity contribution < 1.29 is 9.47 Å². The third-order valence-corrected chi connectivity index (χ3v) is 2.71. The summed E-state index contributed by atoms with van der Waals surface area (Å²) >= 11 is 0. The number of hydrogen-bond acceptors (Lipinski definition) is 5. The topological polar surface area (TPSA) is 56.3 Å². The van der Waals surface area contributed by atoms with Crippen molar-refractivity contribution in [2.75, 3.05) is 19.8 Å². The van der Waals surface area contributed by atoms with E-state index in [4.69, 9.17) is 9.47 Å². The second-order valence-electron chi connectivity index (χ2n) is 4.07. The highest BCUT2D eigenvalue weighted by molar-refractivity contribution is 5.11. The molecule has 0 aromatic carbocycles. The van der Waals surface area contributed by atoms with Crippen LogP contribution in [-0.4, -0.2) is 36.1 Å². The summed E-state index contributed by atoms with van der Waals surface area (Å²) in [6, 6.07) is 3.83. The lowest BCUT2D eigenvalue weighted by Gasteiger charge is -2.22. The van der Waals surface area contributed by atoms with Gasteiger partial charge in [0.05, 0.1) is 18.9 Å². The average Bonchev–Trinajstić information content (AvgIpc) is 2.39. The first-order valence-corrected chi connectivity index (χ1v) is 6.16. The second-order valence-corrected chi connectivity index (χ2v) is 4.07. The van der Waals surface area contributed by atoms with Gasteiger partial charge in [-0.1, -0.05) is 6.92 Å². The van der Waals surface area contributed by atoms with Gasteiger partial charge in [0.1, 0.15) is 6.10 Å². The molecule has 2 rings (SSSR count). The second kappa shape index (κ2) is 6.51. The highest BCUT2D eigenvalue weighted by Gasteiger charge is 2.15. The monoisotopic (exact) mass is 237 g/mol. The number of nitrogens with one attached hydrogen (secondary N) is 1. The fourth-order valence-corrected chi connectivity index (χ4v) is 1.72. The van der Waals surface area contributed by atoms with Crippen molar-refractivity contribution >= 4 is 0 Å². The first-order valence-electron chi connectivity index (χ1n) is 6.16. The molecule has 0 saturated carbocycles. The quantitative estimate of drug-likeness (QED) is 0.832. The lowest BCUT2D eigenvalue weighted by atomic mass is 10.2. The molecule has 17 heavy (non-hydrogen) atoms. The molecule has 5 nitrogen and oxygen atoms in total. The minimum atomic E-state index is 0.220. The normalized spacial score (nSPS) is 17.0. The van der Waals surface area contributed by atoms with Crippen LogP contribution in [0.3, 0.4) is 0 Å². The van der Waals surface area contributed by atoms with E-state index in [0.29, 0.717) is 5.88 Å². The zero-order valence-electron chi connectivity index (χ0n) is 10.2. The van der Waals surface area contributed by atoms with Gasteiger partial charge in [0.25, 0.3) is 0 Å². The summed E-state index contributed by atoms with van der Waals surface area (Å²) in [6.45, 7) is 5.30. The fourth-order valence-electron chi connectivity index (χ4n) is 1.72. The molecule has 0 radical (unpaired) electrons. The smallest absolute Gasteiger partial charge is 0.233 e. The lowest BCUT2D eigenvalue weighted by molar-refractivity contribution is 0.0233.